The van der Waals surface area contributed by atoms with E-state index in [9.17, 15) is 4.79 Å². The lowest BCUT2D eigenvalue weighted by Crippen LogP contribution is -2.41. The molecule has 1 aromatic carbocycles. The minimum absolute atomic E-state index is 0.0859. The lowest BCUT2D eigenvalue weighted by atomic mass is 10.2. The van der Waals surface area contributed by atoms with E-state index < -0.39 is 20.0 Å². The number of halogens is 1. The van der Waals surface area contributed by atoms with Crippen LogP contribution in [-0.2, 0) is 9.16 Å². The first kappa shape index (κ1) is 30.2. The number of rotatable bonds is 6. The van der Waals surface area contributed by atoms with Crippen molar-refractivity contribution in [3.05, 3.63) is 28.2 Å². The maximum Gasteiger partial charge on any atom is 0.436 e. The molecule has 1 rings (SSSR count). The quantitative estimate of drug-likeness (QED) is 0.150. The molecule has 0 aliphatic heterocycles. The second kappa shape index (κ2) is 13.0. The smallest absolute Gasteiger partial charge is 0.436 e. The van der Waals surface area contributed by atoms with Gasteiger partial charge in [0.05, 0.1) is 11.1 Å². The normalized spacial score (nSPS) is 12.3. The molecule has 0 saturated carbocycles. The first-order valence-electron chi connectivity index (χ1n) is 10.6. The number of hydrogen-bond donors (Lipinski definition) is 1. The fourth-order valence-electron chi connectivity index (χ4n) is 1.89. The molecule has 0 bridgehead atoms. The Hall–Kier alpha value is -1.82. The molecular formula is C24H39BrN2O4Si. The van der Waals surface area contributed by atoms with E-state index in [0.29, 0.717) is 24.5 Å². The van der Waals surface area contributed by atoms with Gasteiger partial charge in [0.1, 0.15) is 23.8 Å². The molecule has 2 N–H and O–H groups in total. The van der Waals surface area contributed by atoms with Crippen molar-refractivity contribution in [3.63, 3.8) is 0 Å². The molecule has 8 heteroatoms. The van der Waals surface area contributed by atoms with Crippen molar-refractivity contribution in [2.45, 2.75) is 78.6 Å². The topological polar surface area (TPSA) is 83.1 Å². The third kappa shape index (κ3) is 11.7. The molecule has 0 radical (unpaired) electrons. The van der Waals surface area contributed by atoms with E-state index in [4.69, 9.17) is 26.1 Å². The van der Waals surface area contributed by atoms with Crippen LogP contribution in [0.1, 0.15) is 60.5 Å². The van der Waals surface area contributed by atoms with Gasteiger partial charge in [0.25, 0.3) is 0 Å². The maximum absolute atomic E-state index is 11.8. The molecule has 0 unspecified atom stereocenters. The summed E-state index contributed by atoms with van der Waals surface area (Å²) in [6, 6.07) is 5.29. The van der Waals surface area contributed by atoms with Gasteiger partial charge in [-0.25, -0.2) is 4.79 Å². The van der Waals surface area contributed by atoms with E-state index in [2.05, 4.69) is 60.7 Å². The molecule has 6 nitrogen and oxygen atoms in total. The molecule has 0 aromatic heterocycles. The van der Waals surface area contributed by atoms with E-state index >= 15 is 0 Å². The number of carbonyl (C=O) groups is 1. The van der Waals surface area contributed by atoms with Crippen molar-refractivity contribution in [1.29, 1.82) is 0 Å². The lowest BCUT2D eigenvalue weighted by molar-refractivity contribution is 0.0604. The number of amides is 1. The van der Waals surface area contributed by atoms with Crippen molar-refractivity contribution in [1.82, 2.24) is 0 Å². The molecule has 32 heavy (non-hydrogen) atoms. The van der Waals surface area contributed by atoms with Crippen molar-refractivity contribution >= 4 is 36.2 Å². The average Bonchev–Trinajstić information content (AvgIpc) is 2.63. The fourth-order valence-corrected chi connectivity index (χ4v) is 3.41. The van der Waals surface area contributed by atoms with E-state index in [1.165, 1.54) is 0 Å². The molecule has 0 aliphatic rings. The van der Waals surface area contributed by atoms with E-state index in [1.807, 2.05) is 6.92 Å². The summed E-state index contributed by atoms with van der Waals surface area (Å²) in [6.45, 7) is 19.3. The Bertz CT molecular complexity index is 819. The number of benzene rings is 1. The van der Waals surface area contributed by atoms with Crippen LogP contribution < -0.4 is 10.5 Å². The molecule has 0 atom stereocenters. The summed E-state index contributed by atoms with van der Waals surface area (Å²) in [5.74, 6) is 3.19. The highest BCUT2D eigenvalue weighted by Gasteiger charge is 2.36. The number of aliphatic imine (C=N–C) groups is 1. The maximum atomic E-state index is 11.8. The number of ether oxygens (including phenoxy) is 2. The van der Waals surface area contributed by atoms with Gasteiger partial charge in [-0.2, -0.15) is 4.99 Å². The van der Waals surface area contributed by atoms with Crippen LogP contribution in [0.15, 0.2) is 27.7 Å². The number of terminal acetylenes is 1. The van der Waals surface area contributed by atoms with Gasteiger partial charge in [0.15, 0.2) is 8.32 Å². The highest BCUT2D eigenvalue weighted by atomic mass is 79.9. The predicted octanol–water partition coefficient (Wildman–Crippen LogP) is 6.52. The Morgan fingerprint density at radius 1 is 1.19 bits per heavy atom. The summed E-state index contributed by atoms with van der Waals surface area (Å²) in [5.41, 5.74) is 5.90. The van der Waals surface area contributed by atoms with Gasteiger partial charge in [0.2, 0.25) is 0 Å². The highest BCUT2D eigenvalue weighted by molar-refractivity contribution is 9.10. The van der Waals surface area contributed by atoms with Crippen molar-refractivity contribution < 1.29 is 18.7 Å². The molecule has 0 fully saturated rings. The monoisotopic (exact) mass is 526 g/mol. The summed E-state index contributed by atoms with van der Waals surface area (Å²) in [4.78, 5) is 15.6. The summed E-state index contributed by atoms with van der Waals surface area (Å²) in [6.07, 6.45) is 4.91. The zero-order valence-corrected chi connectivity index (χ0v) is 23.6. The van der Waals surface area contributed by atoms with Crippen LogP contribution in [0.3, 0.4) is 0 Å². The van der Waals surface area contributed by atoms with Crippen LogP contribution in [0, 0.1) is 12.3 Å². The number of carbonyl (C=O) groups excluding carboxylic acids is 1. The summed E-state index contributed by atoms with van der Waals surface area (Å²) in [7, 11) is -1.78. The van der Waals surface area contributed by atoms with Gasteiger partial charge in [0, 0.05) is 12.0 Å². The van der Waals surface area contributed by atoms with Crippen LogP contribution in [-0.4, -0.2) is 39.1 Å². The molecule has 0 aliphatic carbocycles. The van der Waals surface area contributed by atoms with Gasteiger partial charge in [-0.1, -0.05) is 27.7 Å². The molecule has 1 aromatic rings. The van der Waals surface area contributed by atoms with Crippen LogP contribution in [0.2, 0.25) is 18.1 Å². The van der Waals surface area contributed by atoms with Gasteiger partial charge in [-0.15, -0.1) is 12.3 Å². The fraction of sp³-hybridized carbons (Fsp3) is 0.583. The summed E-state index contributed by atoms with van der Waals surface area (Å²) in [5, 5.41) is 0.167. The first-order chi connectivity index (χ1) is 14.5. The third-order valence-corrected chi connectivity index (χ3v) is 9.80. The highest BCUT2D eigenvalue weighted by Crippen LogP contribution is 2.36. The Kier molecular flexibility index (Phi) is 12.3. The van der Waals surface area contributed by atoms with E-state index in [0.717, 1.165) is 10.9 Å². The summed E-state index contributed by atoms with van der Waals surface area (Å²) < 4.78 is 17.8. The Labute approximate surface area is 203 Å². The Morgan fingerprint density at radius 3 is 2.19 bits per heavy atom. The van der Waals surface area contributed by atoms with Crippen molar-refractivity contribution in [3.8, 4) is 18.1 Å². The van der Waals surface area contributed by atoms with Gasteiger partial charge < -0.3 is 19.6 Å². The second-order valence-corrected chi connectivity index (χ2v) is 15.3. The summed E-state index contributed by atoms with van der Waals surface area (Å²) >= 11 is 3.47. The third-order valence-electron chi connectivity index (χ3n) is 4.65. The van der Waals surface area contributed by atoms with Crippen LogP contribution in [0.4, 0.5) is 4.79 Å². The van der Waals surface area contributed by atoms with Gasteiger partial charge in [-0.05, 0) is 73.0 Å². The number of nitrogens with two attached hydrogens (primary N) is 1. The average molecular weight is 528 g/mol. The lowest BCUT2D eigenvalue weighted by Gasteiger charge is -2.36. The van der Waals surface area contributed by atoms with E-state index in [-0.39, 0.29) is 10.9 Å². The molecule has 0 spiro atoms. The minimum Gasteiger partial charge on any atom is -0.490 e. The minimum atomic E-state index is -1.78. The van der Waals surface area contributed by atoms with Crippen molar-refractivity contribution in [2.24, 2.45) is 10.7 Å². The van der Waals surface area contributed by atoms with Gasteiger partial charge in [-0.3, -0.25) is 0 Å². The standard InChI is InChI=1S/C20H33BrN2O4Si.C4H6/c1-19(2,3)27-18(24)23-17(22)14-9-10-16(15(21)13-14)25-11-12-26-28(7,8)20(4,5)6;1-3-4-2/h9-10,13H,11-12H2,1-8H3,(H2,22,23,24);1H,4H2,2H3. The first-order valence-corrected chi connectivity index (χ1v) is 14.3. The van der Waals surface area contributed by atoms with Crippen molar-refractivity contribution in [2.75, 3.05) is 13.2 Å². The van der Waals surface area contributed by atoms with Crippen LogP contribution in [0.25, 0.3) is 0 Å². The molecular weight excluding hydrogens is 488 g/mol. The molecule has 180 valence electrons. The zero-order chi connectivity index (χ0) is 25.2. The molecule has 1 amide bonds. The Balaban J connectivity index is 0.00000220. The second-order valence-electron chi connectivity index (χ2n) is 9.64. The number of hydrogen-bond acceptors (Lipinski definition) is 4. The SMILES string of the molecule is C#CCC.CC(C)(C)OC(=O)N=C(N)c1ccc(OCCO[Si](C)(C)C(C)(C)C)c(Br)c1. The van der Waals surface area contributed by atoms with Gasteiger partial charge >= 0.3 is 6.09 Å². The number of amidine groups is 1. The van der Waals surface area contributed by atoms with E-state index in [1.54, 1.807) is 39.0 Å². The molecule has 0 saturated heterocycles. The molecule has 0 heterocycles. The number of nitrogens with zero attached hydrogens (tertiary/aromatic N) is 1. The largest absolute Gasteiger partial charge is 0.490 e. The van der Waals surface area contributed by atoms with Crippen LogP contribution in [0.5, 0.6) is 5.75 Å². The zero-order valence-electron chi connectivity index (χ0n) is 21.0. The Morgan fingerprint density at radius 2 is 1.75 bits per heavy atom. The van der Waals surface area contributed by atoms with Crippen LogP contribution >= 0.6 is 15.9 Å². The predicted molar refractivity (Wildman–Crippen MR) is 139 cm³/mol.